The Labute approximate surface area is 155 Å². The fraction of sp³-hybridized carbons (Fsp3) is 0.556. The number of benzene rings is 1. The zero-order valence-corrected chi connectivity index (χ0v) is 15.9. The van der Waals surface area contributed by atoms with Gasteiger partial charge in [-0.2, -0.15) is 0 Å². The van der Waals surface area contributed by atoms with Crippen LogP contribution < -0.4 is 5.32 Å². The maximum Gasteiger partial charge on any atom is 0.317 e. The van der Waals surface area contributed by atoms with Gasteiger partial charge in [-0.05, 0) is 57.0 Å². The summed E-state index contributed by atoms with van der Waals surface area (Å²) in [4.78, 5) is 27.0. The van der Waals surface area contributed by atoms with Crippen LogP contribution in [0.4, 0.5) is 5.69 Å². The summed E-state index contributed by atoms with van der Waals surface area (Å²) in [6.07, 6.45) is 1.78. The summed E-state index contributed by atoms with van der Waals surface area (Å²) in [6.45, 7) is 6.10. The largest absolute Gasteiger partial charge is 0.480 e. The highest BCUT2D eigenvalue weighted by Gasteiger charge is 2.24. The number of carbonyl (C=O) groups is 2. The maximum atomic E-state index is 12.2. The Bertz CT molecular complexity index is 581. The number of amides is 1. The number of halogens is 1. The molecule has 6 nitrogen and oxygen atoms in total. The van der Waals surface area contributed by atoms with E-state index in [0.29, 0.717) is 6.54 Å². The van der Waals surface area contributed by atoms with E-state index in [0.717, 1.165) is 42.7 Å². The number of carboxylic acids is 1. The van der Waals surface area contributed by atoms with E-state index >= 15 is 0 Å². The molecule has 1 fully saturated rings. The molecule has 1 aromatic carbocycles. The van der Waals surface area contributed by atoms with Crippen molar-refractivity contribution in [2.75, 3.05) is 38.5 Å². The van der Waals surface area contributed by atoms with Gasteiger partial charge >= 0.3 is 5.97 Å². The number of rotatable bonds is 6. The van der Waals surface area contributed by atoms with Gasteiger partial charge in [-0.15, -0.1) is 12.4 Å². The quantitative estimate of drug-likeness (QED) is 0.803. The second-order valence-corrected chi connectivity index (χ2v) is 6.74. The number of anilines is 1. The van der Waals surface area contributed by atoms with Crippen LogP contribution in [0.3, 0.4) is 0 Å². The van der Waals surface area contributed by atoms with Crippen LogP contribution in [0.15, 0.2) is 18.2 Å². The third kappa shape index (κ3) is 7.02. The first kappa shape index (κ1) is 21.4. The molecule has 1 amide bonds. The van der Waals surface area contributed by atoms with E-state index < -0.39 is 5.97 Å². The van der Waals surface area contributed by atoms with Gasteiger partial charge in [-0.1, -0.05) is 6.07 Å². The van der Waals surface area contributed by atoms with Crippen LogP contribution in [0.1, 0.15) is 24.0 Å². The third-order valence-electron chi connectivity index (χ3n) is 4.44. The summed E-state index contributed by atoms with van der Waals surface area (Å²) in [6, 6.07) is 6.30. The van der Waals surface area contributed by atoms with Crippen molar-refractivity contribution < 1.29 is 14.7 Å². The minimum atomic E-state index is -0.798. The summed E-state index contributed by atoms with van der Waals surface area (Å²) >= 11 is 0. The van der Waals surface area contributed by atoms with E-state index in [2.05, 4.69) is 16.3 Å². The number of aryl methyl sites for hydroxylation is 2. The molecular weight excluding hydrogens is 342 g/mol. The summed E-state index contributed by atoms with van der Waals surface area (Å²) in [5.74, 6) is -0.801. The van der Waals surface area contributed by atoms with Gasteiger partial charge in [0.2, 0.25) is 5.91 Å². The van der Waals surface area contributed by atoms with Gasteiger partial charge in [0.15, 0.2) is 0 Å². The van der Waals surface area contributed by atoms with Crippen molar-refractivity contribution in [1.29, 1.82) is 0 Å². The molecular formula is C18H28ClN3O3. The summed E-state index contributed by atoms with van der Waals surface area (Å²) in [7, 11) is 1.85. The van der Waals surface area contributed by atoms with Gasteiger partial charge in [0.25, 0.3) is 0 Å². The molecule has 140 valence electrons. The molecule has 7 heteroatoms. The van der Waals surface area contributed by atoms with E-state index in [1.165, 1.54) is 0 Å². The lowest BCUT2D eigenvalue weighted by atomic mass is 10.0. The Morgan fingerprint density at radius 2 is 1.76 bits per heavy atom. The molecule has 0 spiro atoms. The number of nitrogens with zero attached hydrogens (tertiary/aromatic N) is 2. The van der Waals surface area contributed by atoms with E-state index in [-0.39, 0.29) is 30.9 Å². The van der Waals surface area contributed by atoms with Crippen molar-refractivity contribution in [2.45, 2.75) is 32.7 Å². The van der Waals surface area contributed by atoms with Crippen LogP contribution in [0.5, 0.6) is 0 Å². The Hall–Kier alpha value is -1.63. The predicted octanol–water partition coefficient (Wildman–Crippen LogP) is 2.14. The second kappa shape index (κ2) is 9.75. The Morgan fingerprint density at radius 3 is 2.28 bits per heavy atom. The van der Waals surface area contributed by atoms with Gasteiger partial charge in [0, 0.05) is 24.8 Å². The van der Waals surface area contributed by atoms with E-state index in [4.69, 9.17) is 5.11 Å². The lowest BCUT2D eigenvalue weighted by molar-refractivity contribution is -0.138. The maximum absolute atomic E-state index is 12.2. The molecule has 0 unspecified atom stereocenters. The topological polar surface area (TPSA) is 72.9 Å². The van der Waals surface area contributed by atoms with Crippen LogP contribution in [-0.2, 0) is 9.59 Å². The number of likely N-dealkylation sites (tertiary alicyclic amines) is 1. The van der Waals surface area contributed by atoms with Gasteiger partial charge in [0.05, 0.1) is 13.1 Å². The lowest BCUT2D eigenvalue weighted by Crippen LogP contribution is -2.46. The van der Waals surface area contributed by atoms with Gasteiger partial charge in [-0.3, -0.25) is 19.4 Å². The molecule has 2 rings (SSSR count). The number of aliphatic carboxylic acids is 1. The first-order valence-corrected chi connectivity index (χ1v) is 8.36. The molecule has 0 saturated carbocycles. The van der Waals surface area contributed by atoms with E-state index in [1.54, 1.807) is 0 Å². The second-order valence-electron chi connectivity index (χ2n) is 6.74. The van der Waals surface area contributed by atoms with Crippen molar-refractivity contribution >= 4 is 30.0 Å². The number of hydrogen-bond donors (Lipinski definition) is 2. The minimum absolute atomic E-state index is 0. The number of carbonyl (C=O) groups excluding carboxylic acids is 1. The minimum Gasteiger partial charge on any atom is -0.480 e. The monoisotopic (exact) mass is 369 g/mol. The molecule has 0 aliphatic carbocycles. The normalized spacial score (nSPS) is 15.7. The van der Waals surface area contributed by atoms with Crippen LogP contribution in [-0.4, -0.2) is 66.1 Å². The van der Waals surface area contributed by atoms with E-state index in [9.17, 15) is 9.59 Å². The highest BCUT2D eigenvalue weighted by atomic mass is 35.5. The van der Waals surface area contributed by atoms with Gasteiger partial charge in [0.1, 0.15) is 0 Å². The molecule has 1 aliphatic heterocycles. The molecule has 1 aromatic rings. The van der Waals surface area contributed by atoms with Crippen LogP contribution in [0.2, 0.25) is 0 Å². The van der Waals surface area contributed by atoms with Gasteiger partial charge in [-0.25, -0.2) is 0 Å². The fourth-order valence-corrected chi connectivity index (χ4v) is 3.31. The SMILES string of the molecule is Cc1cc(C)cc(NC(=O)CN2CCC(N(C)CC(=O)O)CC2)c1.Cl. The molecule has 0 bridgehead atoms. The third-order valence-corrected chi connectivity index (χ3v) is 4.44. The number of hydrogen-bond acceptors (Lipinski definition) is 4. The standard InChI is InChI=1S/C18H27N3O3.ClH/c1-13-8-14(2)10-15(9-13)19-17(22)11-21-6-4-16(5-7-21)20(3)12-18(23)24;/h8-10,16H,4-7,11-12H2,1-3H3,(H,19,22)(H,23,24);1H. The highest BCUT2D eigenvalue weighted by molar-refractivity contribution is 5.92. The number of piperidine rings is 1. The molecule has 0 atom stereocenters. The predicted molar refractivity (Wildman–Crippen MR) is 102 cm³/mol. The Balaban J connectivity index is 0.00000312. The number of likely N-dealkylation sites (N-methyl/N-ethyl adjacent to an activating group) is 1. The molecule has 2 N–H and O–H groups in total. The molecule has 25 heavy (non-hydrogen) atoms. The molecule has 0 radical (unpaired) electrons. The molecule has 1 aliphatic rings. The summed E-state index contributed by atoms with van der Waals surface area (Å²) in [5, 5.41) is 11.8. The zero-order chi connectivity index (χ0) is 17.7. The van der Waals surface area contributed by atoms with Crippen molar-refractivity contribution in [3.05, 3.63) is 29.3 Å². The van der Waals surface area contributed by atoms with E-state index in [1.807, 2.05) is 37.9 Å². The molecule has 1 heterocycles. The first-order valence-electron chi connectivity index (χ1n) is 8.36. The number of nitrogens with one attached hydrogen (secondary N) is 1. The summed E-state index contributed by atoms with van der Waals surface area (Å²) < 4.78 is 0. The average molecular weight is 370 g/mol. The van der Waals surface area contributed by atoms with Crippen LogP contribution in [0, 0.1) is 13.8 Å². The lowest BCUT2D eigenvalue weighted by Gasteiger charge is -2.35. The summed E-state index contributed by atoms with van der Waals surface area (Å²) in [5.41, 5.74) is 3.11. The number of carboxylic acid groups (broad SMARTS) is 1. The zero-order valence-electron chi connectivity index (χ0n) is 15.1. The Morgan fingerprint density at radius 1 is 1.20 bits per heavy atom. The smallest absolute Gasteiger partial charge is 0.317 e. The Kier molecular flexibility index (Phi) is 8.35. The van der Waals surface area contributed by atoms with Crippen molar-refractivity contribution in [2.24, 2.45) is 0 Å². The van der Waals surface area contributed by atoms with Crippen LogP contribution in [0.25, 0.3) is 0 Å². The first-order chi connectivity index (χ1) is 11.3. The van der Waals surface area contributed by atoms with Crippen molar-refractivity contribution in [3.63, 3.8) is 0 Å². The highest BCUT2D eigenvalue weighted by Crippen LogP contribution is 2.16. The van der Waals surface area contributed by atoms with Crippen LogP contribution >= 0.6 is 12.4 Å². The molecule has 1 saturated heterocycles. The van der Waals surface area contributed by atoms with Gasteiger partial charge < -0.3 is 10.4 Å². The van der Waals surface area contributed by atoms with Crippen molar-refractivity contribution in [3.8, 4) is 0 Å². The van der Waals surface area contributed by atoms with Crippen molar-refractivity contribution in [1.82, 2.24) is 9.80 Å². The average Bonchev–Trinajstić information content (AvgIpc) is 2.45. The fourth-order valence-electron chi connectivity index (χ4n) is 3.31. The molecule has 0 aromatic heterocycles.